The van der Waals surface area contributed by atoms with Gasteiger partial charge in [0.05, 0.1) is 28.4 Å². The molecule has 2 bridgehead atoms. The minimum absolute atomic E-state index is 0.0395. The Morgan fingerprint density at radius 2 is 1.71 bits per heavy atom. The first kappa shape index (κ1) is 39.4. The summed E-state index contributed by atoms with van der Waals surface area (Å²) in [6, 6.07) is 5.72. The highest BCUT2D eigenvalue weighted by Gasteiger charge is 2.45. The van der Waals surface area contributed by atoms with E-state index in [4.69, 9.17) is 19.2 Å². The SMILES string of the molecule is COCOc1cc(-c2ncc3c(N4CC5CCC(C4)N5C(=O)O)nc(OCC4(C=O)CC4)nc3c2F)c2c(C#C[Si](C(C)C)(C(C)C)C(C)C)c(F)ccc2c1. The summed E-state index contributed by atoms with van der Waals surface area (Å²) in [5, 5.41) is 11.2. The van der Waals surface area contributed by atoms with Crippen LogP contribution in [0.25, 0.3) is 32.9 Å². The summed E-state index contributed by atoms with van der Waals surface area (Å²) in [5.41, 5.74) is 4.15. The number of nitrogens with zero attached hydrogens (tertiary/aromatic N) is 5. The van der Waals surface area contributed by atoms with Gasteiger partial charge >= 0.3 is 12.1 Å². The molecular weight excluding hydrogens is 737 g/mol. The van der Waals surface area contributed by atoms with Crippen molar-refractivity contribution in [3.63, 3.8) is 0 Å². The molecule has 2 aliphatic heterocycles. The number of carbonyl (C=O) groups is 2. The summed E-state index contributed by atoms with van der Waals surface area (Å²) in [7, 11) is -0.816. The van der Waals surface area contributed by atoms with Crippen molar-refractivity contribution in [2.24, 2.45) is 5.41 Å². The molecule has 14 heteroatoms. The molecule has 2 saturated heterocycles. The molecule has 11 nitrogen and oxygen atoms in total. The largest absolute Gasteiger partial charge is 0.468 e. The van der Waals surface area contributed by atoms with E-state index in [1.807, 2.05) is 4.90 Å². The van der Waals surface area contributed by atoms with Crippen molar-refractivity contribution < 1.29 is 37.7 Å². The van der Waals surface area contributed by atoms with Gasteiger partial charge in [-0.15, -0.1) is 5.54 Å². The monoisotopic (exact) mass is 785 g/mol. The highest BCUT2D eigenvalue weighted by Crippen LogP contribution is 2.45. The van der Waals surface area contributed by atoms with Crippen LogP contribution in [-0.4, -0.2) is 91.1 Å². The second-order valence-electron chi connectivity index (χ2n) is 16.5. The number of aromatic nitrogens is 3. The number of methoxy groups -OCH3 is 1. The van der Waals surface area contributed by atoms with Gasteiger partial charge < -0.3 is 29.0 Å². The lowest BCUT2D eigenvalue weighted by Crippen LogP contribution is -2.55. The van der Waals surface area contributed by atoms with Gasteiger partial charge in [0, 0.05) is 37.3 Å². The Morgan fingerprint density at radius 3 is 2.30 bits per heavy atom. The van der Waals surface area contributed by atoms with Gasteiger partial charge in [-0.1, -0.05) is 53.5 Å². The fourth-order valence-electron chi connectivity index (χ4n) is 9.10. The van der Waals surface area contributed by atoms with Crippen LogP contribution < -0.4 is 14.4 Å². The molecule has 2 aromatic heterocycles. The zero-order chi connectivity index (χ0) is 40.1. The number of pyridine rings is 1. The van der Waals surface area contributed by atoms with Crippen molar-refractivity contribution in [3.05, 3.63) is 47.7 Å². The number of piperazine rings is 1. The number of hydrogen-bond acceptors (Lipinski definition) is 9. The fraction of sp³-hybridized carbons (Fsp3) is 0.500. The highest BCUT2D eigenvalue weighted by atomic mass is 28.3. The molecule has 4 heterocycles. The summed E-state index contributed by atoms with van der Waals surface area (Å²) >= 11 is 0. The molecule has 3 aliphatic rings. The number of rotatable bonds is 12. The van der Waals surface area contributed by atoms with Crippen LogP contribution in [0.15, 0.2) is 30.5 Å². The zero-order valence-electron chi connectivity index (χ0n) is 33.0. The quantitative estimate of drug-likeness (QED) is 0.0648. The second kappa shape index (κ2) is 15.2. The van der Waals surface area contributed by atoms with E-state index >= 15 is 8.78 Å². The summed E-state index contributed by atoms with van der Waals surface area (Å²) in [4.78, 5) is 41.3. The fourth-order valence-corrected chi connectivity index (χ4v) is 14.3. The van der Waals surface area contributed by atoms with Crippen molar-refractivity contribution in [2.45, 2.75) is 95.9 Å². The average Bonchev–Trinajstić information content (AvgIpc) is 3.90. The van der Waals surface area contributed by atoms with Gasteiger partial charge in [-0.05, 0) is 65.9 Å². The molecule has 1 N–H and O–H groups in total. The normalized spacial score (nSPS) is 18.9. The van der Waals surface area contributed by atoms with Crippen LogP contribution in [0.3, 0.4) is 0 Å². The van der Waals surface area contributed by atoms with Gasteiger partial charge in [-0.2, -0.15) is 9.97 Å². The number of benzene rings is 2. The minimum atomic E-state index is -2.31. The molecule has 4 aromatic rings. The molecule has 56 heavy (non-hydrogen) atoms. The summed E-state index contributed by atoms with van der Waals surface area (Å²) in [5.74, 6) is 2.69. The molecule has 296 valence electrons. The number of carbonyl (C=O) groups excluding carboxylic acids is 1. The van der Waals surface area contributed by atoms with Crippen LogP contribution in [0.2, 0.25) is 16.6 Å². The number of carboxylic acid groups (broad SMARTS) is 1. The summed E-state index contributed by atoms with van der Waals surface area (Å²) < 4.78 is 50.7. The molecule has 2 aromatic carbocycles. The van der Waals surface area contributed by atoms with Crippen molar-refractivity contribution in [3.8, 4) is 34.5 Å². The molecule has 1 amide bonds. The van der Waals surface area contributed by atoms with E-state index in [-0.39, 0.29) is 53.8 Å². The predicted molar refractivity (Wildman–Crippen MR) is 213 cm³/mol. The Labute approximate surface area is 326 Å². The molecule has 7 rings (SSSR count). The number of amides is 1. The molecule has 0 spiro atoms. The lowest BCUT2D eigenvalue weighted by atomic mass is 9.95. The maximum Gasteiger partial charge on any atom is 0.407 e. The Morgan fingerprint density at radius 1 is 1.04 bits per heavy atom. The predicted octanol–water partition coefficient (Wildman–Crippen LogP) is 8.36. The van der Waals surface area contributed by atoms with Crippen molar-refractivity contribution in [2.75, 3.05) is 38.5 Å². The Balaban J connectivity index is 1.44. The Kier molecular flexibility index (Phi) is 10.7. The highest BCUT2D eigenvalue weighted by molar-refractivity contribution is 6.90. The van der Waals surface area contributed by atoms with Crippen LogP contribution in [0.1, 0.15) is 72.8 Å². The third kappa shape index (κ3) is 6.93. The van der Waals surface area contributed by atoms with E-state index in [1.54, 1.807) is 18.2 Å². The van der Waals surface area contributed by atoms with Crippen molar-refractivity contribution >= 4 is 47.9 Å². The third-order valence-corrected chi connectivity index (χ3v) is 18.5. The van der Waals surface area contributed by atoms with E-state index in [0.717, 1.165) is 6.29 Å². The zero-order valence-corrected chi connectivity index (χ0v) is 34.0. The smallest absolute Gasteiger partial charge is 0.407 e. The van der Waals surface area contributed by atoms with E-state index in [2.05, 4.69) is 63.0 Å². The average molecular weight is 786 g/mol. The van der Waals surface area contributed by atoms with Crippen LogP contribution in [-0.2, 0) is 9.53 Å². The number of halogens is 2. The Bertz CT molecular complexity index is 2220. The topological polar surface area (TPSA) is 127 Å². The molecule has 1 saturated carbocycles. The van der Waals surface area contributed by atoms with E-state index in [9.17, 15) is 14.7 Å². The van der Waals surface area contributed by atoms with E-state index in [1.165, 1.54) is 24.3 Å². The van der Waals surface area contributed by atoms with Gasteiger partial charge in [-0.25, -0.2) is 13.6 Å². The lowest BCUT2D eigenvalue weighted by molar-refractivity contribution is -0.113. The molecule has 1 aliphatic carbocycles. The number of fused-ring (bicyclic) bond motifs is 4. The van der Waals surface area contributed by atoms with Crippen LogP contribution in [0.4, 0.5) is 19.4 Å². The van der Waals surface area contributed by atoms with Crippen LogP contribution in [0.5, 0.6) is 11.8 Å². The van der Waals surface area contributed by atoms with Gasteiger partial charge in [0.25, 0.3) is 0 Å². The number of ether oxygens (including phenoxy) is 3. The third-order valence-electron chi connectivity index (χ3n) is 12.2. The molecular formula is C42H49F2N5O6Si. The lowest BCUT2D eigenvalue weighted by Gasteiger charge is -2.40. The maximum atomic E-state index is 17.4. The second-order valence-corrected chi connectivity index (χ2v) is 22.0. The van der Waals surface area contributed by atoms with Crippen molar-refractivity contribution in [1.29, 1.82) is 0 Å². The number of anilines is 1. The van der Waals surface area contributed by atoms with Crippen molar-refractivity contribution in [1.82, 2.24) is 19.9 Å². The van der Waals surface area contributed by atoms with Crippen LogP contribution >= 0.6 is 0 Å². The summed E-state index contributed by atoms with van der Waals surface area (Å²) in [6.07, 6.45) is 4.15. The number of hydrogen-bond donors (Lipinski definition) is 1. The van der Waals surface area contributed by atoms with Crippen LogP contribution in [0, 0.1) is 28.5 Å². The summed E-state index contributed by atoms with van der Waals surface area (Å²) in [6.45, 7) is 13.8. The van der Waals surface area contributed by atoms with E-state index in [0.29, 0.717) is 83.1 Å². The van der Waals surface area contributed by atoms with Gasteiger partial charge in [-0.3, -0.25) is 9.88 Å². The standard InChI is InChI=1S/C42H49F2N5O6Si/c1-24(2)56(25(3)4,26(5)6)15-12-31-34(43)11-8-27-16-30(55-23-53-7)17-32(35(27)31)37-36(44)38-33(18-45-37)39(47-40(46-38)54-22-42(21-50)13-14-42)48-19-28-9-10-29(20-48)49(28)41(51)52/h8,11,16-18,21,24-26,28-29H,9-10,13-14,19-20,22-23H2,1-7H3,(H,51,52). The number of aldehydes is 1. The minimum Gasteiger partial charge on any atom is -0.468 e. The molecule has 2 unspecified atom stereocenters. The molecule has 3 fully saturated rings. The molecule has 2 atom stereocenters. The van der Waals surface area contributed by atoms with Gasteiger partial charge in [0.15, 0.2) is 12.6 Å². The van der Waals surface area contributed by atoms with Gasteiger partial charge in [0.2, 0.25) is 0 Å². The molecule has 0 radical (unpaired) electrons. The first-order chi connectivity index (χ1) is 26.7. The first-order valence-corrected chi connectivity index (χ1v) is 21.6. The first-order valence-electron chi connectivity index (χ1n) is 19.4. The van der Waals surface area contributed by atoms with Gasteiger partial charge in [0.1, 0.15) is 49.6 Å². The maximum absolute atomic E-state index is 17.4. The van der Waals surface area contributed by atoms with E-state index < -0.39 is 31.2 Å². The Hall–Kier alpha value is -4.87.